The van der Waals surface area contributed by atoms with E-state index in [0.29, 0.717) is 19.3 Å². The minimum Gasteiger partial charge on any atom is -0.389 e. The summed E-state index contributed by atoms with van der Waals surface area (Å²) in [5.74, 6) is -0.227. The van der Waals surface area contributed by atoms with Crippen LogP contribution in [0.5, 0.6) is 0 Å². The summed E-state index contributed by atoms with van der Waals surface area (Å²) in [6.45, 7) is 3.55. The van der Waals surface area contributed by atoms with Crippen LogP contribution in [0.1, 0.15) is 52.4 Å². The number of amides is 1. The van der Waals surface area contributed by atoms with Crippen LogP contribution < -0.4 is 5.32 Å². The van der Waals surface area contributed by atoms with Gasteiger partial charge in [-0.15, -0.1) is 0 Å². The highest BCUT2D eigenvalue weighted by molar-refractivity contribution is 5.78. The summed E-state index contributed by atoms with van der Waals surface area (Å²) in [5, 5.41) is 21.7. The average molecular weight is 224 g/mol. The van der Waals surface area contributed by atoms with Gasteiger partial charge >= 0.3 is 0 Å². The van der Waals surface area contributed by atoms with Crippen molar-refractivity contribution in [1.82, 2.24) is 5.32 Å². The van der Waals surface area contributed by atoms with Crippen LogP contribution >= 0.6 is 0 Å². The Labute approximate surface area is 96.6 Å². The van der Waals surface area contributed by atoms with Gasteiger partial charge in [0.15, 0.2) is 0 Å². The number of carbonyl (C=O) groups is 1. The Morgan fingerprint density at radius 1 is 1.56 bits per heavy atom. The molecule has 4 heteroatoms. The molecule has 1 unspecified atom stereocenters. The maximum Gasteiger partial charge on any atom is 0.224 e. The van der Waals surface area contributed by atoms with Crippen LogP contribution in [-0.4, -0.2) is 22.2 Å². The van der Waals surface area contributed by atoms with Gasteiger partial charge in [-0.2, -0.15) is 5.26 Å². The number of hydrogen-bond donors (Lipinski definition) is 2. The van der Waals surface area contributed by atoms with Gasteiger partial charge < -0.3 is 10.4 Å². The van der Waals surface area contributed by atoms with Crippen molar-refractivity contribution in [3.8, 4) is 6.07 Å². The van der Waals surface area contributed by atoms with Gasteiger partial charge in [-0.25, -0.2) is 0 Å². The fourth-order valence-electron chi connectivity index (χ4n) is 2.06. The highest BCUT2D eigenvalue weighted by atomic mass is 16.3. The minimum atomic E-state index is -0.839. The number of nitrogens with one attached hydrogen (secondary N) is 1. The molecular formula is C12H20N2O2. The van der Waals surface area contributed by atoms with E-state index in [0.717, 1.165) is 12.8 Å². The number of carbonyl (C=O) groups excluding carboxylic acids is 1. The SMILES string of the molecule is CCC(C)(C#N)NC(=O)CC1(O)CCCC1. The zero-order chi connectivity index (χ0) is 12.2. The molecule has 1 aliphatic rings. The van der Waals surface area contributed by atoms with Crippen LogP contribution in [0, 0.1) is 11.3 Å². The van der Waals surface area contributed by atoms with E-state index in [1.807, 2.05) is 6.92 Å². The van der Waals surface area contributed by atoms with Crippen LogP contribution in [0.2, 0.25) is 0 Å². The molecule has 1 aliphatic carbocycles. The molecular weight excluding hydrogens is 204 g/mol. The van der Waals surface area contributed by atoms with Crippen LogP contribution in [0.4, 0.5) is 0 Å². The van der Waals surface area contributed by atoms with Crippen molar-refractivity contribution in [3.05, 3.63) is 0 Å². The number of aliphatic hydroxyl groups is 1. The summed E-state index contributed by atoms with van der Waals surface area (Å²) in [4.78, 5) is 11.7. The van der Waals surface area contributed by atoms with Crippen LogP contribution in [0.3, 0.4) is 0 Å². The molecule has 1 rings (SSSR count). The van der Waals surface area contributed by atoms with E-state index in [2.05, 4.69) is 11.4 Å². The molecule has 0 aromatic carbocycles. The Kier molecular flexibility index (Phi) is 3.93. The fourth-order valence-corrected chi connectivity index (χ4v) is 2.06. The highest BCUT2D eigenvalue weighted by Crippen LogP contribution is 2.32. The predicted octanol–water partition coefficient (Wildman–Crippen LogP) is 1.49. The maximum atomic E-state index is 11.7. The highest BCUT2D eigenvalue weighted by Gasteiger charge is 2.35. The second kappa shape index (κ2) is 4.84. The maximum absolute atomic E-state index is 11.7. The van der Waals surface area contributed by atoms with Crippen molar-refractivity contribution in [2.75, 3.05) is 0 Å². The monoisotopic (exact) mass is 224 g/mol. The zero-order valence-electron chi connectivity index (χ0n) is 10.0. The van der Waals surface area contributed by atoms with Gasteiger partial charge in [0.25, 0.3) is 0 Å². The van der Waals surface area contributed by atoms with E-state index < -0.39 is 11.1 Å². The Bertz CT molecular complexity index is 303. The molecule has 90 valence electrons. The third-order valence-corrected chi connectivity index (χ3v) is 3.39. The van der Waals surface area contributed by atoms with Gasteiger partial charge in [0.05, 0.1) is 18.1 Å². The lowest BCUT2D eigenvalue weighted by Crippen LogP contribution is -2.46. The molecule has 1 saturated carbocycles. The number of nitrogens with zero attached hydrogens (tertiary/aromatic N) is 1. The summed E-state index contributed by atoms with van der Waals surface area (Å²) in [7, 11) is 0. The molecule has 0 aromatic heterocycles. The predicted molar refractivity (Wildman–Crippen MR) is 60.5 cm³/mol. The quantitative estimate of drug-likeness (QED) is 0.759. The van der Waals surface area contributed by atoms with Gasteiger partial charge in [0.2, 0.25) is 5.91 Å². The van der Waals surface area contributed by atoms with Crippen molar-refractivity contribution >= 4 is 5.91 Å². The van der Waals surface area contributed by atoms with E-state index in [4.69, 9.17) is 5.26 Å². The smallest absolute Gasteiger partial charge is 0.224 e. The van der Waals surface area contributed by atoms with Crippen molar-refractivity contribution in [1.29, 1.82) is 5.26 Å². The van der Waals surface area contributed by atoms with E-state index >= 15 is 0 Å². The second-order valence-corrected chi connectivity index (χ2v) is 4.95. The number of nitriles is 1. The largest absolute Gasteiger partial charge is 0.389 e. The molecule has 1 amide bonds. The Morgan fingerprint density at radius 2 is 2.12 bits per heavy atom. The van der Waals surface area contributed by atoms with Crippen molar-refractivity contribution in [2.24, 2.45) is 0 Å². The van der Waals surface area contributed by atoms with Gasteiger partial charge in [-0.05, 0) is 26.2 Å². The Morgan fingerprint density at radius 3 is 2.56 bits per heavy atom. The summed E-state index contributed by atoms with van der Waals surface area (Å²) in [5.41, 5.74) is -1.65. The summed E-state index contributed by atoms with van der Waals surface area (Å²) < 4.78 is 0. The number of rotatable bonds is 4. The lowest BCUT2D eigenvalue weighted by atomic mass is 9.95. The normalized spacial score (nSPS) is 22.1. The molecule has 0 aromatic rings. The first-order valence-corrected chi connectivity index (χ1v) is 5.88. The van der Waals surface area contributed by atoms with E-state index in [9.17, 15) is 9.90 Å². The molecule has 1 fully saturated rings. The molecule has 0 bridgehead atoms. The molecule has 0 saturated heterocycles. The standard InChI is InChI=1S/C12H20N2O2/c1-3-11(2,9-13)14-10(15)8-12(16)6-4-5-7-12/h16H,3-8H2,1-2H3,(H,14,15). The fraction of sp³-hybridized carbons (Fsp3) is 0.833. The lowest BCUT2D eigenvalue weighted by molar-refractivity contribution is -0.127. The molecule has 0 aliphatic heterocycles. The second-order valence-electron chi connectivity index (χ2n) is 4.95. The molecule has 16 heavy (non-hydrogen) atoms. The van der Waals surface area contributed by atoms with E-state index in [1.165, 1.54) is 0 Å². The van der Waals surface area contributed by atoms with Gasteiger partial charge in [0.1, 0.15) is 5.54 Å². The first-order valence-electron chi connectivity index (χ1n) is 5.88. The third-order valence-electron chi connectivity index (χ3n) is 3.39. The molecule has 0 heterocycles. The van der Waals surface area contributed by atoms with E-state index in [-0.39, 0.29) is 12.3 Å². The number of hydrogen-bond acceptors (Lipinski definition) is 3. The van der Waals surface area contributed by atoms with Gasteiger partial charge in [0, 0.05) is 0 Å². The summed E-state index contributed by atoms with van der Waals surface area (Å²) in [6, 6.07) is 2.08. The Hall–Kier alpha value is -1.08. The molecule has 1 atom stereocenters. The average Bonchev–Trinajstić information content (AvgIpc) is 2.64. The summed E-state index contributed by atoms with van der Waals surface area (Å²) >= 11 is 0. The van der Waals surface area contributed by atoms with Crippen LogP contribution in [-0.2, 0) is 4.79 Å². The zero-order valence-corrected chi connectivity index (χ0v) is 10.0. The molecule has 0 spiro atoms. The molecule has 0 radical (unpaired) electrons. The van der Waals surface area contributed by atoms with Crippen molar-refractivity contribution in [3.63, 3.8) is 0 Å². The first-order chi connectivity index (χ1) is 7.43. The third kappa shape index (κ3) is 3.21. The lowest BCUT2D eigenvalue weighted by Gasteiger charge is -2.26. The van der Waals surface area contributed by atoms with Gasteiger partial charge in [-0.3, -0.25) is 4.79 Å². The van der Waals surface area contributed by atoms with Crippen molar-refractivity contribution in [2.45, 2.75) is 63.5 Å². The van der Waals surface area contributed by atoms with Crippen LogP contribution in [0.15, 0.2) is 0 Å². The summed E-state index contributed by atoms with van der Waals surface area (Å²) in [6.07, 6.45) is 4.02. The molecule has 2 N–H and O–H groups in total. The molecule has 4 nitrogen and oxygen atoms in total. The van der Waals surface area contributed by atoms with Crippen molar-refractivity contribution < 1.29 is 9.90 Å². The minimum absolute atomic E-state index is 0.115. The topological polar surface area (TPSA) is 73.1 Å². The first kappa shape index (κ1) is 13.0. The van der Waals surface area contributed by atoms with Crippen LogP contribution in [0.25, 0.3) is 0 Å². The van der Waals surface area contributed by atoms with E-state index in [1.54, 1.807) is 6.92 Å². The van der Waals surface area contributed by atoms with Gasteiger partial charge in [-0.1, -0.05) is 19.8 Å². The Balaban J connectivity index is 2.51.